The van der Waals surface area contributed by atoms with Gasteiger partial charge in [0, 0.05) is 23.0 Å². The number of hydrogen-bond donors (Lipinski definition) is 0. The van der Waals surface area contributed by atoms with Gasteiger partial charge in [-0.3, -0.25) is 0 Å². The lowest BCUT2D eigenvalue weighted by atomic mass is 9.76. The van der Waals surface area contributed by atoms with Crippen molar-refractivity contribution in [2.24, 2.45) is 0 Å². The lowest BCUT2D eigenvalue weighted by Crippen LogP contribution is -2.19. The summed E-state index contributed by atoms with van der Waals surface area (Å²) in [5.41, 5.74) is 4.69. The van der Waals surface area contributed by atoms with Crippen molar-refractivity contribution in [2.45, 2.75) is 83.0 Å². The molecule has 126 valence electrons. The zero-order valence-electron chi connectivity index (χ0n) is 15.3. The summed E-state index contributed by atoms with van der Waals surface area (Å²) < 4.78 is 6.11. The third-order valence-corrected chi connectivity index (χ3v) is 5.65. The van der Waals surface area contributed by atoms with Gasteiger partial charge in [0.1, 0.15) is 12.0 Å². The molecule has 1 aromatic carbocycles. The smallest absolute Gasteiger partial charge is 0.126 e. The second kappa shape index (κ2) is 5.36. The van der Waals surface area contributed by atoms with Gasteiger partial charge < -0.3 is 9.53 Å². The summed E-state index contributed by atoms with van der Waals surface area (Å²) in [6, 6.07) is 4.81. The first-order valence-electron chi connectivity index (χ1n) is 8.96. The Kier molecular flexibility index (Phi) is 3.85. The minimum atomic E-state index is 0.0827. The normalized spacial score (nSPS) is 20.7. The summed E-state index contributed by atoms with van der Waals surface area (Å²) in [6.45, 7) is 12.1. The van der Waals surface area contributed by atoms with E-state index < -0.39 is 0 Å². The Morgan fingerprint density at radius 2 is 1.91 bits per heavy atom. The van der Waals surface area contributed by atoms with Crippen molar-refractivity contribution in [1.29, 1.82) is 0 Å². The van der Waals surface area contributed by atoms with Crippen molar-refractivity contribution >= 4 is 6.29 Å². The fraction of sp³-hybridized carbons (Fsp3) is 0.667. The van der Waals surface area contributed by atoms with E-state index in [-0.39, 0.29) is 10.8 Å². The molecule has 1 fully saturated rings. The number of rotatable bonds is 5. The standard InChI is InChI=1S/C21H30O2/c1-19(2,3)16-12-15(21(9-10-21)8-6-7-11-22)13-17-18(16)23-14-20(17,4)5/h11-13H,6-10,14H2,1-5H3. The van der Waals surface area contributed by atoms with E-state index in [0.717, 1.165) is 31.5 Å². The number of carbonyl (C=O) groups is 1. The van der Waals surface area contributed by atoms with Crippen LogP contribution in [0.2, 0.25) is 0 Å². The van der Waals surface area contributed by atoms with Crippen LogP contribution in [-0.2, 0) is 21.0 Å². The van der Waals surface area contributed by atoms with Crippen LogP contribution in [0.1, 0.15) is 83.4 Å². The molecule has 1 aliphatic heterocycles. The molecule has 1 saturated carbocycles. The van der Waals surface area contributed by atoms with Crippen LogP contribution in [0, 0.1) is 0 Å². The maximum absolute atomic E-state index is 10.7. The van der Waals surface area contributed by atoms with Crippen LogP contribution in [0.4, 0.5) is 0 Å². The predicted molar refractivity (Wildman–Crippen MR) is 94.5 cm³/mol. The Balaban J connectivity index is 2.04. The Bertz CT molecular complexity index is 615. The van der Waals surface area contributed by atoms with E-state index in [0.29, 0.717) is 11.8 Å². The maximum atomic E-state index is 10.7. The minimum Gasteiger partial charge on any atom is -0.492 e. The van der Waals surface area contributed by atoms with Gasteiger partial charge in [-0.05, 0) is 42.1 Å². The molecule has 2 aliphatic rings. The van der Waals surface area contributed by atoms with E-state index in [4.69, 9.17) is 4.74 Å². The van der Waals surface area contributed by atoms with Crippen LogP contribution in [0.25, 0.3) is 0 Å². The first kappa shape index (κ1) is 16.5. The monoisotopic (exact) mass is 314 g/mol. The minimum absolute atomic E-state index is 0.0827. The molecule has 2 heteroatoms. The lowest BCUT2D eigenvalue weighted by Gasteiger charge is -2.26. The van der Waals surface area contributed by atoms with E-state index in [9.17, 15) is 4.79 Å². The van der Waals surface area contributed by atoms with Crippen molar-refractivity contribution in [3.05, 3.63) is 28.8 Å². The molecule has 23 heavy (non-hydrogen) atoms. The van der Waals surface area contributed by atoms with Crippen LogP contribution in [-0.4, -0.2) is 12.9 Å². The molecule has 1 heterocycles. The third-order valence-electron chi connectivity index (χ3n) is 5.65. The highest BCUT2D eigenvalue weighted by Gasteiger charge is 2.46. The number of fused-ring (bicyclic) bond motifs is 1. The molecule has 1 aromatic rings. The fourth-order valence-electron chi connectivity index (χ4n) is 3.84. The van der Waals surface area contributed by atoms with E-state index in [1.165, 1.54) is 29.5 Å². The number of aldehydes is 1. The summed E-state index contributed by atoms with van der Waals surface area (Å²) in [5.74, 6) is 1.12. The second-order valence-corrected chi connectivity index (χ2v) is 9.16. The average molecular weight is 314 g/mol. The number of ether oxygens (including phenoxy) is 1. The molecule has 0 atom stereocenters. The molecule has 1 aliphatic carbocycles. The molecule has 0 unspecified atom stereocenters. The van der Waals surface area contributed by atoms with Crippen LogP contribution >= 0.6 is 0 Å². The van der Waals surface area contributed by atoms with Crippen LogP contribution in [0.5, 0.6) is 5.75 Å². The number of carbonyl (C=O) groups excluding carboxylic acids is 1. The molecular formula is C21H30O2. The molecule has 0 spiro atoms. The highest BCUT2D eigenvalue weighted by Crippen LogP contribution is 2.55. The first-order valence-corrected chi connectivity index (χ1v) is 8.96. The molecule has 0 saturated heterocycles. The summed E-state index contributed by atoms with van der Waals surface area (Å²) in [7, 11) is 0. The van der Waals surface area contributed by atoms with Gasteiger partial charge in [0.15, 0.2) is 0 Å². The highest BCUT2D eigenvalue weighted by atomic mass is 16.5. The molecule has 2 nitrogen and oxygen atoms in total. The van der Waals surface area contributed by atoms with Gasteiger partial charge in [-0.15, -0.1) is 0 Å². The molecule has 0 aromatic heterocycles. The molecule has 0 amide bonds. The molecular weight excluding hydrogens is 284 g/mol. The first-order chi connectivity index (χ1) is 10.7. The molecule has 3 rings (SSSR count). The third kappa shape index (κ3) is 2.93. The highest BCUT2D eigenvalue weighted by molar-refractivity contribution is 5.55. The van der Waals surface area contributed by atoms with E-state index in [2.05, 4.69) is 46.8 Å². The molecule has 0 bridgehead atoms. The second-order valence-electron chi connectivity index (χ2n) is 9.16. The number of unbranched alkanes of at least 4 members (excludes halogenated alkanes) is 1. The summed E-state index contributed by atoms with van der Waals surface area (Å²) in [5, 5.41) is 0. The van der Waals surface area contributed by atoms with Crippen molar-refractivity contribution in [3.63, 3.8) is 0 Å². The van der Waals surface area contributed by atoms with Crippen LogP contribution in [0.3, 0.4) is 0 Å². The maximum Gasteiger partial charge on any atom is 0.126 e. The van der Waals surface area contributed by atoms with Crippen LogP contribution in [0.15, 0.2) is 12.1 Å². The predicted octanol–water partition coefficient (Wildman–Crippen LogP) is 5.05. The Hall–Kier alpha value is -1.31. The molecule has 0 radical (unpaired) electrons. The summed E-state index contributed by atoms with van der Waals surface area (Å²) >= 11 is 0. The van der Waals surface area contributed by atoms with Gasteiger partial charge in [-0.1, -0.05) is 46.8 Å². The van der Waals surface area contributed by atoms with Crippen LogP contribution < -0.4 is 4.74 Å². The summed E-state index contributed by atoms with van der Waals surface area (Å²) in [4.78, 5) is 10.7. The quantitative estimate of drug-likeness (QED) is 0.561. The fourth-order valence-corrected chi connectivity index (χ4v) is 3.84. The van der Waals surface area contributed by atoms with E-state index in [1.54, 1.807) is 0 Å². The van der Waals surface area contributed by atoms with Gasteiger partial charge in [0.25, 0.3) is 0 Å². The van der Waals surface area contributed by atoms with E-state index >= 15 is 0 Å². The Labute approximate surface area is 140 Å². The lowest BCUT2D eigenvalue weighted by molar-refractivity contribution is -0.107. The Morgan fingerprint density at radius 3 is 2.48 bits per heavy atom. The van der Waals surface area contributed by atoms with Gasteiger partial charge in [0.05, 0.1) is 6.61 Å². The summed E-state index contributed by atoms with van der Waals surface area (Å²) in [6.07, 6.45) is 6.40. The average Bonchev–Trinajstić information content (AvgIpc) is 3.18. The van der Waals surface area contributed by atoms with Crippen molar-refractivity contribution in [1.82, 2.24) is 0 Å². The topological polar surface area (TPSA) is 26.3 Å². The Morgan fingerprint density at radius 1 is 1.22 bits per heavy atom. The molecule has 0 N–H and O–H groups in total. The number of benzene rings is 1. The van der Waals surface area contributed by atoms with Crippen molar-refractivity contribution in [2.75, 3.05) is 6.61 Å². The van der Waals surface area contributed by atoms with Gasteiger partial charge in [-0.25, -0.2) is 0 Å². The number of hydrogen-bond acceptors (Lipinski definition) is 2. The van der Waals surface area contributed by atoms with Gasteiger partial charge >= 0.3 is 0 Å². The zero-order chi connectivity index (χ0) is 16.9. The largest absolute Gasteiger partial charge is 0.492 e. The van der Waals surface area contributed by atoms with Crippen molar-refractivity contribution < 1.29 is 9.53 Å². The van der Waals surface area contributed by atoms with Gasteiger partial charge in [0.2, 0.25) is 0 Å². The zero-order valence-corrected chi connectivity index (χ0v) is 15.3. The van der Waals surface area contributed by atoms with Gasteiger partial charge in [-0.2, -0.15) is 0 Å². The SMILES string of the molecule is CC(C)(C)c1cc(C2(CCCC=O)CC2)cc2c1OCC2(C)C. The van der Waals surface area contributed by atoms with E-state index in [1.807, 2.05) is 0 Å². The van der Waals surface area contributed by atoms with Crippen molar-refractivity contribution in [3.8, 4) is 5.75 Å².